The molecule has 0 aliphatic heterocycles. The first-order valence-electron chi connectivity index (χ1n) is 5.97. The summed E-state index contributed by atoms with van der Waals surface area (Å²) in [6, 6.07) is 0. The molecule has 0 heterocycles. The summed E-state index contributed by atoms with van der Waals surface area (Å²) in [5, 5.41) is 3.43. The summed E-state index contributed by atoms with van der Waals surface area (Å²) in [6.07, 6.45) is 3.50. The second kappa shape index (κ2) is 8.25. The molecule has 0 aliphatic carbocycles. The van der Waals surface area contributed by atoms with E-state index in [1.807, 2.05) is 0 Å². The van der Waals surface area contributed by atoms with Crippen LogP contribution in [0.25, 0.3) is 0 Å². The quantitative estimate of drug-likeness (QED) is 0.579. The Hall–Kier alpha value is -0.0800. The fraction of sp³-hybridized carbons (Fsp3) is 1.00. The van der Waals surface area contributed by atoms with Crippen LogP contribution in [0.5, 0.6) is 0 Å². The molecule has 0 aromatic heterocycles. The van der Waals surface area contributed by atoms with Crippen molar-refractivity contribution in [3.05, 3.63) is 0 Å². The summed E-state index contributed by atoms with van der Waals surface area (Å²) < 4.78 is 5.53. The molecule has 0 spiro atoms. The molecule has 0 aromatic rings. The van der Waals surface area contributed by atoms with Gasteiger partial charge in [0, 0.05) is 19.8 Å². The topological polar surface area (TPSA) is 21.3 Å². The number of ether oxygens (including phenoxy) is 1. The Balaban J connectivity index is 3.63. The van der Waals surface area contributed by atoms with Gasteiger partial charge >= 0.3 is 0 Å². The molecule has 14 heavy (non-hydrogen) atoms. The second-order valence-electron chi connectivity index (χ2n) is 4.31. The van der Waals surface area contributed by atoms with E-state index in [-0.39, 0.29) is 0 Å². The van der Waals surface area contributed by atoms with Gasteiger partial charge in [-0.3, -0.25) is 0 Å². The average molecular weight is 201 g/mol. The van der Waals surface area contributed by atoms with Gasteiger partial charge in [0.1, 0.15) is 0 Å². The molecule has 0 fully saturated rings. The van der Waals surface area contributed by atoms with Crippen molar-refractivity contribution in [1.82, 2.24) is 5.32 Å². The van der Waals surface area contributed by atoms with Crippen LogP contribution in [-0.4, -0.2) is 26.3 Å². The molecule has 0 aliphatic rings. The van der Waals surface area contributed by atoms with Gasteiger partial charge in [-0.15, -0.1) is 0 Å². The maximum atomic E-state index is 5.53. The molecule has 86 valence electrons. The third-order valence-electron chi connectivity index (χ3n) is 2.85. The number of rotatable bonds is 9. The summed E-state index contributed by atoms with van der Waals surface area (Å²) >= 11 is 0. The monoisotopic (exact) mass is 201 g/mol. The van der Waals surface area contributed by atoms with E-state index in [9.17, 15) is 0 Å². The zero-order chi connectivity index (χ0) is 10.9. The van der Waals surface area contributed by atoms with Crippen LogP contribution < -0.4 is 5.32 Å². The first-order valence-corrected chi connectivity index (χ1v) is 5.97. The first kappa shape index (κ1) is 13.9. The Kier molecular flexibility index (Phi) is 8.20. The van der Waals surface area contributed by atoms with E-state index >= 15 is 0 Å². The van der Waals surface area contributed by atoms with E-state index in [0.717, 1.165) is 39.1 Å². The van der Waals surface area contributed by atoms with Crippen LogP contribution in [0.2, 0.25) is 0 Å². The smallest absolute Gasteiger partial charge is 0.0471 e. The van der Waals surface area contributed by atoms with E-state index in [1.165, 1.54) is 6.42 Å². The van der Waals surface area contributed by atoms with Crippen LogP contribution in [0.4, 0.5) is 0 Å². The van der Waals surface area contributed by atoms with Gasteiger partial charge in [-0.25, -0.2) is 0 Å². The van der Waals surface area contributed by atoms with Crippen molar-refractivity contribution in [1.29, 1.82) is 0 Å². The molecule has 2 heteroatoms. The normalized spacial score (nSPS) is 15.4. The van der Waals surface area contributed by atoms with Crippen LogP contribution in [0.1, 0.15) is 47.0 Å². The van der Waals surface area contributed by atoms with Crippen molar-refractivity contribution in [3.63, 3.8) is 0 Å². The fourth-order valence-corrected chi connectivity index (χ4v) is 1.38. The highest BCUT2D eigenvalue weighted by molar-refractivity contribution is 4.74. The van der Waals surface area contributed by atoms with Crippen molar-refractivity contribution in [2.45, 2.75) is 47.0 Å². The predicted octanol–water partition coefficient (Wildman–Crippen LogP) is 2.83. The SMILES string of the molecule is CCCOCCC(C)(CC)CNCC. The third-order valence-corrected chi connectivity index (χ3v) is 2.85. The van der Waals surface area contributed by atoms with E-state index < -0.39 is 0 Å². The minimum absolute atomic E-state index is 0.406. The molecule has 1 unspecified atom stereocenters. The molecule has 0 aromatic carbocycles. The Morgan fingerprint density at radius 2 is 1.86 bits per heavy atom. The summed E-state index contributed by atoms with van der Waals surface area (Å²) in [4.78, 5) is 0. The maximum Gasteiger partial charge on any atom is 0.0471 e. The lowest BCUT2D eigenvalue weighted by Gasteiger charge is -2.28. The standard InChI is InChI=1S/C12H27NO/c1-5-9-14-10-8-12(4,6-2)11-13-7-3/h13H,5-11H2,1-4H3. The van der Waals surface area contributed by atoms with E-state index in [1.54, 1.807) is 0 Å². The molecule has 0 saturated heterocycles. The summed E-state index contributed by atoms with van der Waals surface area (Å²) in [7, 11) is 0. The lowest BCUT2D eigenvalue weighted by molar-refractivity contribution is 0.0971. The molecule has 0 amide bonds. The highest BCUT2D eigenvalue weighted by Gasteiger charge is 2.20. The Morgan fingerprint density at radius 1 is 1.14 bits per heavy atom. The molecular weight excluding hydrogens is 174 g/mol. The molecule has 1 atom stereocenters. The van der Waals surface area contributed by atoms with Crippen molar-refractivity contribution >= 4 is 0 Å². The molecule has 0 bridgehead atoms. The van der Waals surface area contributed by atoms with Crippen LogP contribution in [0, 0.1) is 5.41 Å². The fourth-order valence-electron chi connectivity index (χ4n) is 1.38. The predicted molar refractivity (Wildman–Crippen MR) is 62.7 cm³/mol. The zero-order valence-corrected chi connectivity index (χ0v) is 10.4. The summed E-state index contributed by atoms with van der Waals surface area (Å²) in [6.45, 7) is 12.9. The molecular formula is C12H27NO. The van der Waals surface area contributed by atoms with Crippen LogP contribution in [0.3, 0.4) is 0 Å². The van der Waals surface area contributed by atoms with Crippen molar-refractivity contribution in [2.24, 2.45) is 5.41 Å². The molecule has 2 nitrogen and oxygen atoms in total. The van der Waals surface area contributed by atoms with Gasteiger partial charge in [-0.05, 0) is 31.2 Å². The van der Waals surface area contributed by atoms with Gasteiger partial charge in [0.15, 0.2) is 0 Å². The van der Waals surface area contributed by atoms with Crippen LogP contribution in [0.15, 0.2) is 0 Å². The first-order chi connectivity index (χ1) is 6.68. The van der Waals surface area contributed by atoms with Gasteiger partial charge in [-0.2, -0.15) is 0 Å². The zero-order valence-electron chi connectivity index (χ0n) is 10.4. The largest absolute Gasteiger partial charge is 0.381 e. The molecule has 1 N–H and O–H groups in total. The average Bonchev–Trinajstić information content (AvgIpc) is 2.22. The van der Waals surface area contributed by atoms with Gasteiger partial charge in [-0.1, -0.05) is 27.7 Å². The molecule has 0 radical (unpaired) electrons. The number of hydrogen-bond donors (Lipinski definition) is 1. The maximum absolute atomic E-state index is 5.53. The Morgan fingerprint density at radius 3 is 2.36 bits per heavy atom. The lowest BCUT2D eigenvalue weighted by Crippen LogP contribution is -2.32. The minimum Gasteiger partial charge on any atom is -0.381 e. The van der Waals surface area contributed by atoms with E-state index in [0.29, 0.717) is 5.41 Å². The van der Waals surface area contributed by atoms with Crippen molar-refractivity contribution < 1.29 is 4.74 Å². The number of nitrogens with one attached hydrogen (secondary N) is 1. The van der Waals surface area contributed by atoms with Gasteiger partial charge in [0.25, 0.3) is 0 Å². The summed E-state index contributed by atoms with van der Waals surface area (Å²) in [5.41, 5.74) is 0.406. The second-order valence-corrected chi connectivity index (χ2v) is 4.31. The van der Waals surface area contributed by atoms with Gasteiger partial charge in [0.05, 0.1) is 0 Å². The lowest BCUT2D eigenvalue weighted by atomic mass is 9.84. The minimum atomic E-state index is 0.406. The van der Waals surface area contributed by atoms with Crippen molar-refractivity contribution in [3.8, 4) is 0 Å². The molecule has 0 rings (SSSR count). The highest BCUT2D eigenvalue weighted by atomic mass is 16.5. The van der Waals surface area contributed by atoms with Crippen molar-refractivity contribution in [2.75, 3.05) is 26.3 Å². The Bertz CT molecular complexity index is 127. The van der Waals surface area contributed by atoms with Gasteiger partial charge < -0.3 is 10.1 Å². The van der Waals surface area contributed by atoms with Gasteiger partial charge in [0.2, 0.25) is 0 Å². The highest BCUT2D eigenvalue weighted by Crippen LogP contribution is 2.24. The molecule has 0 saturated carbocycles. The summed E-state index contributed by atoms with van der Waals surface area (Å²) in [5.74, 6) is 0. The Labute approximate surface area is 89.4 Å². The van der Waals surface area contributed by atoms with E-state index in [4.69, 9.17) is 4.74 Å². The van der Waals surface area contributed by atoms with Crippen LogP contribution >= 0.6 is 0 Å². The third kappa shape index (κ3) is 6.39. The van der Waals surface area contributed by atoms with Crippen LogP contribution in [-0.2, 0) is 4.74 Å². The number of hydrogen-bond acceptors (Lipinski definition) is 2. The van der Waals surface area contributed by atoms with E-state index in [2.05, 4.69) is 33.0 Å².